The predicted octanol–water partition coefficient (Wildman–Crippen LogP) is 3.87. The van der Waals surface area contributed by atoms with E-state index >= 15 is 0 Å². The lowest BCUT2D eigenvalue weighted by Gasteiger charge is -2.16. The van der Waals surface area contributed by atoms with E-state index in [1.807, 2.05) is 18.2 Å². The first kappa shape index (κ1) is 13.1. The summed E-state index contributed by atoms with van der Waals surface area (Å²) in [5, 5.41) is 8.68. The summed E-state index contributed by atoms with van der Waals surface area (Å²) in [7, 11) is 0. The molecule has 1 N–H and O–H groups in total. The number of halogens is 1. The standard InChI is InChI=1S/C14H15BrO3/c15-12-7-3-4-10(8-9-13(16)17)14(12)18-11-5-1-2-6-11/h3-4,7-9,11H,1-2,5-6H2,(H,16,17)/b9-8+. The molecular formula is C14H15BrO3. The summed E-state index contributed by atoms with van der Waals surface area (Å²) in [6.45, 7) is 0. The Morgan fingerprint density at radius 3 is 2.78 bits per heavy atom. The molecular weight excluding hydrogens is 296 g/mol. The second-order valence-corrected chi connectivity index (χ2v) is 5.21. The Labute approximate surface area is 115 Å². The summed E-state index contributed by atoms with van der Waals surface area (Å²) in [6.07, 6.45) is 7.50. The molecule has 0 aliphatic heterocycles. The molecule has 1 aromatic rings. The molecule has 3 nitrogen and oxygen atoms in total. The smallest absolute Gasteiger partial charge is 0.328 e. The van der Waals surface area contributed by atoms with Gasteiger partial charge in [0.05, 0.1) is 10.6 Å². The van der Waals surface area contributed by atoms with Crippen LogP contribution in [0.5, 0.6) is 5.75 Å². The van der Waals surface area contributed by atoms with Gasteiger partial charge in [0.2, 0.25) is 0 Å². The molecule has 1 aliphatic carbocycles. The predicted molar refractivity (Wildman–Crippen MR) is 73.7 cm³/mol. The maximum Gasteiger partial charge on any atom is 0.328 e. The molecule has 1 aliphatic rings. The van der Waals surface area contributed by atoms with Crippen molar-refractivity contribution in [2.24, 2.45) is 0 Å². The number of rotatable bonds is 4. The van der Waals surface area contributed by atoms with Crippen LogP contribution in [0.4, 0.5) is 0 Å². The maximum atomic E-state index is 10.6. The number of para-hydroxylation sites is 1. The van der Waals surface area contributed by atoms with Gasteiger partial charge in [-0.1, -0.05) is 12.1 Å². The quantitative estimate of drug-likeness (QED) is 0.859. The molecule has 1 fully saturated rings. The van der Waals surface area contributed by atoms with E-state index in [2.05, 4.69) is 15.9 Å². The van der Waals surface area contributed by atoms with Crippen LogP contribution in [0, 0.1) is 0 Å². The first-order valence-electron chi connectivity index (χ1n) is 6.03. The Balaban J connectivity index is 2.22. The minimum atomic E-state index is -0.957. The lowest BCUT2D eigenvalue weighted by Crippen LogP contribution is -2.12. The van der Waals surface area contributed by atoms with Crippen LogP contribution in [0.2, 0.25) is 0 Å². The summed E-state index contributed by atoms with van der Waals surface area (Å²) < 4.78 is 6.84. The first-order valence-corrected chi connectivity index (χ1v) is 6.82. The molecule has 18 heavy (non-hydrogen) atoms. The molecule has 0 amide bonds. The van der Waals surface area contributed by atoms with Gasteiger partial charge in [0.1, 0.15) is 5.75 Å². The van der Waals surface area contributed by atoms with E-state index in [1.54, 1.807) is 6.08 Å². The van der Waals surface area contributed by atoms with Gasteiger partial charge in [0, 0.05) is 11.6 Å². The minimum absolute atomic E-state index is 0.251. The summed E-state index contributed by atoms with van der Waals surface area (Å²) in [4.78, 5) is 10.6. The SMILES string of the molecule is O=C(O)/C=C/c1cccc(Br)c1OC1CCCC1. The number of ether oxygens (including phenoxy) is 1. The molecule has 0 radical (unpaired) electrons. The fourth-order valence-corrected chi connectivity index (χ4v) is 2.59. The van der Waals surface area contributed by atoms with E-state index in [-0.39, 0.29) is 6.10 Å². The van der Waals surface area contributed by atoms with Gasteiger partial charge >= 0.3 is 5.97 Å². The van der Waals surface area contributed by atoms with Crippen molar-refractivity contribution in [3.8, 4) is 5.75 Å². The van der Waals surface area contributed by atoms with Crippen LogP contribution in [0.1, 0.15) is 31.2 Å². The van der Waals surface area contributed by atoms with Gasteiger partial charge in [-0.15, -0.1) is 0 Å². The third-order valence-corrected chi connectivity index (χ3v) is 3.61. The van der Waals surface area contributed by atoms with Crippen molar-refractivity contribution in [1.82, 2.24) is 0 Å². The van der Waals surface area contributed by atoms with Crippen LogP contribution in [0.15, 0.2) is 28.7 Å². The normalized spacial score (nSPS) is 16.3. The molecule has 96 valence electrons. The molecule has 0 spiro atoms. The lowest BCUT2D eigenvalue weighted by atomic mass is 10.2. The van der Waals surface area contributed by atoms with Crippen molar-refractivity contribution in [1.29, 1.82) is 0 Å². The van der Waals surface area contributed by atoms with Crippen LogP contribution in [-0.2, 0) is 4.79 Å². The molecule has 0 atom stereocenters. The fourth-order valence-electron chi connectivity index (χ4n) is 2.12. The van der Waals surface area contributed by atoms with Crippen LogP contribution < -0.4 is 4.74 Å². The molecule has 0 bridgehead atoms. The van der Waals surface area contributed by atoms with Crippen LogP contribution >= 0.6 is 15.9 Å². The second kappa shape index (κ2) is 6.05. The Morgan fingerprint density at radius 2 is 2.11 bits per heavy atom. The van der Waals surface area contributed by atoms with E-state index < -0.39 is 5.97 Å². The highest BCUT2D eigenvalue weighted by molar-refractivity contribution is 9.10. The fraction of sp³-hybridized carbons (Fsp3) is 0.357. The summed E-state index contributed by atoms with van der Waals surface area (Å²) >= 11 is 3.46. The highest BCUT2D eigenvalue weighted by Gasteiger charge is 2.18. The number of benzene rings is 1. The van der Waals surface area contributed by atoms with Gasteiger partial charge in [-0.25, -0.2) is 4.79 Å². The molecule has 0 heterocycles. The minimum Gasteiger partial charge on any atom is -0.489 e. The zero-order chi connectivity index (χ0) is 13.0. The average molecular weight is 311 g/mol. The number of aliphatic carboxylic acids is 1. The third-order valence-electron chi connectivity index (χ3n) is 2.99. The van der Waals surface area contributed by atoms with E-state index in [0.29, 0.717) is 0 Å². The molecule has 4 heteroatoms. The lowest BCUT2D eigenvalue weighted by molar-refractivity contribution is -0.131. The molecule has 1 aromatic carbocycles. The monoisotopic (exact) mass is 310 g/mol. The molecule has 0 unspecified atom stereocenters. The number of carboxylic acid groups (broad SMARTS) is 1. The van der Waals surface area contributed by atoms with E-state index in [9.17, 15) is 4.79 Å². The Bertz CT molecular complexity index is 462. The van der Waals surface area contributed by atoms with Crippen LogP contribution in [0.3, 0.4) is 0 Å². The first-order chi connectivity index (χ1) is 8.66. The van der Waals surface area contributed by atoms with E-state index in [0.717, 1.165) is 34.7 Å². The van der Waals surface area contributed by atoms with E-state index in [4.69, 9.17) is 9.84 Å². The Kier molecular flexibility index (Phi) is 4.42. The molecule has 0 aromatic heterocycles. The number of carbonyl (C=O) groups is 1. The topological polar surface area (TPSA) is 46.5 Å². The van der Waals surface area contributed by atoms with Gasteiger partial charge < -0.3 is 9.84 Å². The highest BCUT2D eigenvalue weighted by Crippen LogP contribution is 2.33. The molecule has 0 saturated heterocycles. The van der Waals surface area contributed by atoms with Gasteiger partial charge in [-0.2, -0.15) is 0 Å². The summed E-state index contributed by atoms with van der Waals surface area (Å²) in [5.41, 5.74) is 0.790. The highest BCUT2D eigenvalue weighted by atomic mass is 79.9. The number of hydrogen-bond acceptors (Lipinski definition) is 2. The largest absolute Gasteiger partial charge is 0.489 e. The van der Waals surface area contributed by atoms with Crippen molar-refractivity contribution in [3.05, 3.63) is 34.3 Å². The van der Waals surface area contributed by atoms with Crippen molar-refractivity contribution < 1.29 is 14.6 Å². The van der Waals surface area contributed by atoms with Crippen molar-refractivity contribution >= 4 is 28.0 Å². The summed E-state index contributed by atoms with van der Waals surface area (Å²) in [5.74, 6) is -0.219. The number of hydrogen-bond donors (Lipinski definition) is 1. The van der Waals surface area contributed by atoms with Crippen molar-refractivity contribution in [3.63, 3.8) is 0 Å². The molecule has 1 saturated carbocycles. The zero-order valence-corrected chi connectivity index (χ0v) is 11.5. The van der Waals surface area contributed by atoms with Crippen LogP contribution in [-0.4, -0.2) is 17.2 Å². The van der Waals surface area contributed by atoms with E-state index in [1.165, 1.54) is 12.8 Å². The maximum absolute atomic E-state index is 10.6. The van der Waals surface area contributed by atoms with Gasteiger partial charge in [-0.3, -0.25) is 0 Å². The third kappa shape index (κ3) is 3.35. The average Bonchev–Trinajstić information content (AvgIpc) is 2.82. The van der Waals surface area contributed by atoms with Crippen molar-refractivity contribution in [2.45, 2.75) is 31.8 Å². The second-order valence-electron chi connectivity index (χ2n) is 4.35. The van der Waals surface area contributed by atoms with Gasteiger partial charge in [0.15, 0.2) is 0 Å². The van der Waals surface area contributed by atoms with Crippen LogP contribution in [0.25, 0.3) is 6.08 Å². The zero-order valence-electron chi connectivity index (χ0n) is 9.93. The van der Waals surface area contributed by atoms with Gasteiger partial charge in [-0.05, 0) is 53.8 Å². The van der Waals surface area contributed by atoms with Gasteiger partial charge in [0.25, 0.3) is 0 Å². The summed E-state index contributed by atoms with van der Waals surface area (Å²) in [6, 6.07) is 5.63. The Morgan fingerprint density at radius 1 is 1.39 bits per heavy atom. The Hall–Kier alpha value is -1.29. The van der Waals surface area contributed by atoms with Crippen molar-refractivity contribution in [2.75, 3.05) is 0 Å². The molecule has 2 rings (SSSR count). The number of carboxylic acids is 1.